The third-order valence-electron chi connectivity index (χ3n) is 2.69. The van der Waals surface area contributed by atoms with E-state index in [9.17, 15) is 9.59 Å². The van der Waals surface area contributed by atoms with Crippen LogP contribution in [0, 0.1) is 0 Å². The van der Waals surface area contributed by atoms with Gasteiger partial charge < -0.3 is 16.2 Å². The molecule has 1 aromatic rings. The maximum atomic E-state index is 11.8. The molecule has 0 aliphatic rings. The van der Waals surface area contributed by atoms with Gasteiger partial charge in [-0.1, -0.05) is 37.4 Å². The lowest BCUT2D eigenvalue weighted by Gasteiger charge is -2.13. The van der Waals surface area contributed by atoms with Crippen LogP contribution in [0.1, 0.15) is 36.5 Å². The number of carboxylic acids is 1. The summed E-state index contributed by atoms with van der Waals surface area (Å²) in [6.45, 7) is 2.00. The standard InChI is InChI=1S/C13H17ClN2O3/c1-2-3-6-9(15)12(17)16-10-7-4-5-8(14)11(10)13(18)19/h4-5,7,9H,2-3,6,15H2,1H3,(H,16,17)(H,18,19)/t9-/m0/s1. The van der Waals surface area contributed by atoms with Crippen LogP contribution in [0.3, 0.4) is 0 Å². The third kappa shape index (κ3) is 4.22. The molecule has 1 amide bonds. The average molecular weight is 285 g/mol. The lowest BCUT2D eigenvalue weighted by molar-refractivity contribution is -0.117. The predicted molar refractivity (Wildman–Crippen MR) is 74.5 cm³/mol. The van der Waals surface area contributed by atoms with Crippen molar-refractivity contribution >= 4 is 29.2 Å². The minimum atomic E-state index is -1.19. The van der Waals surface area contributed by atoms with E-state index < -0.39 is 17.9 Å². The van der Waals surface area contributed by atoms with Crippen molar-refractivity contribution < 1.29 is 14.7 Å². The normalized spacial score (nSPS) is 11.9. The van der Waals surface area contributed by atoms with Crippen molar-refractivity contribution in [3.63, 3.8) is 0 Å². The van der Waals surface area contributed by atoms with Crippen LogP contribution in [-0.4, -0.2) is 23.0 Å². The van der Waals surface area contributed by atoms with Crippen molar-refractivity contribution in [3.8, 4) is 0 Å². The molecule has 19 heavy (non-hydrogen) atoms. The second kappa shape index (κ2) is 7.11. The Balaban J connectivity index is 2.85. The number of nitrogens with two attached hydrogens (primary N) is 1. The number of hydrogen-bond donors (Lipinski definition) is 3. The lowest BCUT2D eigenvalue weighted by Crippen LogP contribution is -2.35. The molecular weight excluding hydrogens is 268 g/mol. The number of anilines is 1. The summed E-state index contributed by atoms with van der Waals surface area (Å²) in [6.07, 6.45) is 2.35. The van der Waals surface area contributed by atoms with Gasteiger partial charge in [-0.25, -0.2) is 4.79 Å². The van der Waals surface area contributed by atoms with Crippen LogP contribution in [0.15, 0.2) is 18.2 Å². The van der Waals surface area contributed by atoms with Crippen LogP contribution in [0.25, 0.3) is 0 Å². The van der Waals surface area contributed by atoms with Gasteiger partial charge in [0.1, 0.15) is 5.56 Å². The van der Waals surface area contributed by atoms with Gasteiger partial charge in [0.05, 0.1) is 16.8 Å². The molecule has 5 nitrogen and oxygen atoms in total. The zero-order valence-electron chi connectivity index (χ0n) is 10.6. The summed E-state index contributed by atoms with van der Waals surface area (Å²) in [5.74, 6) is -1.60. The predicted octanol–water partition coefficient (Wildman–Crippen LogP) is 2.49. The van der Waals surface area contributed by atoms with Gasteiger partial charge in [0.25, 0.3) is 0 Å². The van der Waals surface area contributed by atoms with Gasteiger partial charge in [-0.05, 0) is 18.6 Å². The fraction of sp³-hybridized carbons (Fsp3) is 0.385. The highest BCUT2D eigenvalue weighted by molar-refractivity contribution is 6.34. The van der Waals surface area contributed by atoms with E-state index in [4.69, 9.17) is 22.4 Å². The Morgan fingerprint density at radius 3 is 2.74 bits per heavy atom. The fourth-order valence-electron chi connectivity index (χ4n) is 1.63. The van der Waals surface area contributed by atoms with Crippen molar-refractivity contribution in [1.82, 2.24) is 0 Å². The van der Waals surface area contributed by atoms with E-state index in [1.807, 2.05) is 6.92 Å². The number of carbonyl (C=O) groups excluding carboxylic acids is 1. The van der Waals surface area contributed by atoms with Crippen molar-refractivity contribution in [3.05, 3.63) is 28.8 Å². The number of nitrogens with one attached hydrogen (secondary N) is 1. The average Bonchev–Trinajstić information content (AvgIpc) is 2.35. The number of rotatable bonds is 6. The van der Waals surface area contributed by atoms with Crippen molar-refractivity contribution in [2.24, 2.45) is 5.73 Å². The first-order valence-electron chi connectivity index (χ1n) is 6.05. The Labute approximate surface area is 116 Å². The lowest BCUT2D eigenvalue weighted by atomic mass is 10.1. The number of carboxylic acid groups (broad SMARTS) is 1. The largest absolute Gasteiger partial charge is 0.478 e. The topological polar surface area (TPSA) is 92.4 Å². The first kappa shape index (κ1) is 15.5. The molecule has 0 saturated heterocycles. The summed E-state index contributed by atoms with van der Waals surface area (Å²) in [4.78, 5) is 22.9. The first-order valence-corrected chi connectivity index (χ1v) is 6.43. The van der Waals surface area contributed by atoms with Gasteiger partial charge in [0.2, 0.25) is 5.91 Å². The monoisotopic (exact) mass is 284 g/mol. The Morgan fingerprint density at radius 1 is 1.47 bits per heavy atom. The number of halogens is 1. The number of unbranched alkanes of at least 4 members (excludes halogenated alkanes) is 1. The zero-order valence-corrected chi connectivity index (χ0v) is 11.4. The van der Waals surface area contributed by atoms with Gasteiger partial charge in [0.15, 0.2) is 0 Å². The SMILES string of the molecule is CCCC[C@H](N)C(=O)Nc1cccc(Cl)c1C(=O)O. The van der Waals surface area contributed by atoms with E-state index in [-0.39, 0.29) is 16.3 Å². The van der Waals surface area contributed by atoms with Crippen LogP contribution in [-0.2, 0) is 4.79 Å². The molecule has 0 saturated carbocycles. The number of amides is 1. The van der Waals surface area contributed by atoms with E-state index in [1.165, 1.54) is 12.1 Å². The van der Waals surface area contributed by atoms with Crippen LogP contribution in [0.5, 0.6) is 0 Å². The molecule has 4 N–H and O–H groups in total. The quantitative estimate of drug-likeness (QED) is 0.748. The Kier molecular flexibility index (Phi) is 5.79. The second-order valence-corrected chi connectivity index (χ2v) is 4.61. The molecule has 1 atom stereocenters. The maximum absolute atomic E-state index is 11.8. The zero-order chi connectivity index (χ0) is 14.4. The maximum Gasteiger partial charge on any atom is 0.339 e. The summed E-state index contributed by atoms with van der Waals surface area (Å²) < 4.78 is 0. The van der Waals surface area contributed by atoms with Gasteiger partial charge in [0, 0.05) is 0 Å². The van der Waals surface area contributed by atoms with E-state index >= 15 is 0 Å². The summed E-state index contributed by atoms with van der Waals surface area (Å²) >= 11 is 5.81. The molecule has 0 unspecified atom stereocenters. The Bertz CT molecular complexity index is 477. The van der Waals surface area contributed by atoms with Gasteiger partial charge in [-0.3, -0.25) is 4.79 Å². The number of aromatic carboxylic acids is 1. The molecule has 104 valence electrons. The minimum absolute atomic E-state index is 0.0763. The van der Waals surface area contributed by atoms with E-state index in [0.29, 0.717) is 6.42 Å². The molecule has 0 heterocycles. The van der Waals surface area contributed by atoms with E-state index in [0.717, 1.165) is 12.8 Å². The molecule has 0 spiro atoms. The number of hydrogen-bond acceptors (Lipinski definition) is 3. The number of benzene rings is 1. The van der Waals surface area contributed by atoms with E-state index in [2.05, 4.69) is 5.32 Å². The van der Waals surface area contributed by atoms with Crippen molar-refractivity contribution in [2.75, 3.05) is 5.32 Å². The molecule has 0 fully saturated rings. The van der Waals surface area contributed by atoms with Gasteiger partial charge >= 0.3 is 5.97 Å². The number of carbonyl (C=O) groups is 2. The minimum Gasteiger partial charge on any atom is -0.478 e. The van der Waals surface area contributed by atoms with Gasteiger partial charge in [-0.15, -0.1) is 0 Å². The highest BCUT2D eigenvalue weighted by Gasteiger charge is 2.18. The molecule has 6 heteroatoms. The summed E-state index contributed by atoms with van der Waals surface area (Å²) in [5.41, 5.74) is 5.76. The molecule has 0 aliphatic carbocycles. The van der Waals surface area contributed by atoms with Crippen LogP contribution in [0.4, 0.5) is 5.69 Å². The smallest absolute Gasteiger partial charge is 0.339 e. The Morgan fingerprint density at radius 2 is 2.16 bits per heavy atom. The molecule has 0 aromatic heterocycles. The van der Waals surface area contributed by atoms with Crippen molar-refractivity contribution in [1.29, 1.82) is 0 Å². The Hall–Kier alpha value is -1.59. The van der Waals surface area contributed by atoms with Gasteiger partial charge in [-0.2, -0.15) is 0 Å². The summed E-state index contributed by atoms with van der Waals surface area (Å²) in [7, 11) is 0. The van der Waals surface area contributed by atoms with Crippen LogP contribution in [0.2, 0.25) is 5.02 Å². The fourth-order valence-corrected chi connectivity index (χ4v) is 1.88. The molecule has 0 radical (unpaired) electrons. The summed E-state index contributed by atoms with van der Waals surface area (Å²) in [6, 6.07) is 3.86. The van der Waals surface area contributed by atoms with Crippen LogP contribution >= 0.6 is 11.6 Å². The van der Waals surface area contributed by atoms with Crippen LogP contribution < -0.4 is 11.1 Å². The highest BCUT2D eigenvalue weighted by Crippen LogP contribution is 2.24. The molecule has 0 aliphatic heterocycles. The first-order chi connectivity index (χ1) is 8.97. The second-order valence-electron chi connectivity index (χ2n) is 4.21. The molecule has 1 aromatic carbocycles. The highest BCUT2D eigenvalue weighted by atomic mass is 35.5. The third-order valence-corrected chi connectivity index (χ3v) is 3.01. The molecule has 1 rings (SSSR count). The summed E-state index contributed by atoms with van der Waals surface area (Å²) in [5, 5.41) is 11.7. The molecular formula is C13H17ClN2O3. The van der Waals surface area contributed by atoms with Crippen molar-refractivity contribution in [2.45, 2.75) is 32.2 Å². The van der Waals surface area contributed by atoms with E-state index in [1.54, 1.807) is 6.07 Å². The molecule has 0 bridgehead atoms.